The highest BCUT2D eigenvalue weighted by molar-refractivity contribution is 7.99. The van der Waals surface area contributed by atoms with Crippen molar-refractivity contribution in [2.45, 2.75) is 31.4 Å². The third kappa shape index (κ3) is 6.28. The molecule has 2 aromatic carbocycles. The fourth-order valence-electron chi connectivity index (χ4n) is 3.19. The summed E-state index contributed by atoms with van der Waals surface area (Å²) in [6.45, 7) is 1.72. The molecule has 148 valence electrons. The van der Waals surface area contributed by atoms with E-state index in [1.165, 1.54) is 12.8 Å². The molecule has 3 rings (SSSR count). The first-order valence-corrected chi connectivity index (χ1v) is 11.2. The average molecular weight is 417 g/mol. The normalized spacial score (nSPS) is 14.4. The first-order chi connectivity index (χ1) is 13.6. The highest BCUT2D eigenvalue weighted by Crippen LogP contribution is 2.18. The number of benzene rings is 2. The molecular formula is C22H25ClN2O2S. The zero-order valence-corrected chi connectivity index (χ0v) is 17.4. The third-order valence-corrected chi connectivity index (χ3v) is 5.98. The molecule has 0 bridgehead atoms. The molecule has 1 N–H and O–H groups in total. The Morgan fingerprint density at radius 3 is 2.21 bits per heavy atom. The minimum Gasteiger partial charge on any atom is -0.339 e. The topological polar surface area (TPSA) is 49.4 Å². The number of rotatable bonds is 6. The van der Waals surface area contributed by atoms with Gasteiger partial charge in [-0.2, -0.15) is 0 Å². The summed E-state index contributed by atoms with van der Waals surface area (Å²) in [6.07, 6.45) is 4.62. The molecule has 0 spiro atoms. The molecule has 0 aromatic heterocycles. The molecule has 4 nitrogen and oxygen atoms in total. The Morgan fingerprint density at radius 2 is 1.57 bits per heavy atom. The standard InChI is InChI=1S/C22H25ClN2O2S/c23-19-9-11-20(12-10-19)24-21(26)16-28-15-17-5-7-18(8-6-17)22(27)25-13-3-1-2-4-14-25/h5-12H,1-4,13-16H2,(H,24,26). The first-order valence-electron chi connectivity index (χ1n) is 9.63. The van der Waals surface area contributed by atoms with Crippen molar-refractivity contribution in [1.29, 1.82) is 0 Å². The van der Waals surface area contributed by atoms with Crippen molar-refractivity contribution in [3.63, 3.8) is 0 Å². The van der Waals surface area contributed by atoms with E-state index in [4.69, 9.17) is 11.6 Å². The maximum absolute atomic E-state index is 12.6. The Balaban J connectivity index is 1.44. The van der Waals surface area contributed by atoms with Gasteiger partial charge in [-0.3, -0.25) is 9.59 Å². The Bertz CT molecular complexity index is 785. The molecule has 0 radical (unpaired) electrons. The fraction of sp³-hybridized carbons (Fsp3) is 0.364. The van der Waals surface area contributed by atoms with Crippen molar-refractivity contribution in [2.75, 3.05) is 24.2 Å². The van der Waals surface area contributed by atoms with E-state index in [1.54, 1.807) is 36.0 Å². The Kier molecular flexibility index (Phi) is 7.80. The maximum Gasteiger partial charge on any atom is 0.253 e. The van der Waals surface area contributed by atoms with Crippen LogP contribution in [0.25, 0.3) is 0 Å². The molecule has 2 amide bonds. The maximum atomic E-state index is 12.6. The van der Waals surface area contributed by atoms with Gasteiger partial charge < -0.3 is 10.2 Å². The summed E-state index contributed by atoms with van der Waals surface area (Å²) in [6, 6.07) is 14.8. The van der Waals surface area contributed by atoms with Crippen LogP contribution in [0.5, 0.6) is 0 Å². The minimum atomic E-state index is -0.0414. The second kappa shape index (κ2) is 10.5. The molecule has 28 heavy (non-hydrogen) atoms. The summed E-state index contributed by atoms with van der Waals surface area (Å²) in [5.41, 5.74) is 2.60. The molecule has 6 heteroatoms. The van der Waals surface area contributed by atoms with Crippen LogP contribution >= 0.6 is 23.4 Å². The SMILES string of the molecule is O=C(CSCc1ccc(C(=O)N2CCCCCC2)cc1)Nc1ccc(Cl)cc1. The fourth-order valence-corrected chi connectivity index (χ4v) is 4.11. The molecule has 1 aliphatic rings. The number of carbonyl (C=O) groups excluding carboxylic acids is 2. The van der Waals surface area contributed by atoms with Crippen LogP contribution in [0.15, 0.2) is 48.5 Å². The minimum absolute atomic E-state index is 0.0414. The molecular weight excluding hydrogens is 392 g/mol. The Hall–Kier alpha value is -1.98. The third-order valence-electron chi connectivity index (χ3n) is 4.72. The number of hydrogen-bond donors (Lipinski definition) is 1. The summed E-state index contributed by atoms with van der Waals surface area (Å²) < 4.78 is 0. The number of carbonyl (C=O) groups is 2. The molecule has 0 unspecified atom stereocenters. The smallest absolute Gasteiger partial charge is 0.253 e. The van der Waals surface area contributed by atoms with Gasteiger partial charge in [0, 0.05) is 35.1 Å². The number of thioether (sulfide) groups is 1. The lowest BCUT2D eigenvalue weighted by Crippen LogP contribution is -2.31. The van der Waals surface area contributed by atoms with Crippen LogP contribution in [0.3, 0.4) is 0 Å². The monoisotopic (exact) mass is 416 g/mol. The van der Waals surface area contributed by atoms with E-state index in [9.17, 15) is 9.59 Å². The van der Waals surface area contributed by atoms with Gasteiger partial charge >= 0.3 is 0 Å². The van der Waals surface area contributed by atoms with Crippen molar-refractivity contribution in [3.05, 3.63) is 64.7 Å². The van der Waals surface area contributed by atoms with E-state index in [0.717, 1.165) is 48.5 Å². The number of halogens is 1. The zero-order valence-electron chi connectivity index (χ0n) is 15.8. The van der Waals surface area contributed by atoms with Crippen molar-refractivity contribution in [3.8, 4) is 0 Å². The van der Waals surface area contributed by atoms with E-state index < -0.39 is 0 Å². The molecule has 1 fully saturated rings. The molecule has 0 atom stereocenters. The van der Waals surface area contributed by atoms with E-state index in [-0.39, 0.29) is 11.8 Å². The number of nitrogens with one attached hydrogen (secondary N) is 1. The molecule has 0 aliphatic carbocycles. The number of anilines is 1. The number of likely N-dealkylation sites (tertiary alicyclic amines) is 1. The van der Waals surface area contributed by atoms with Crippen LogP contribution in [-0.4, -0.2) is 35.6 Å². The second-order valence-electron chi connectivity index (χ2n) is 6.95. The van der Waals surface area contributed by atoms with E-state index in [1.807, 2.05) is 29.2 Å². The predicted octanol–water partition coefficient (Wildman–Crippen LogP) is 5.23. The van der Waals surface area contributed by atoms with Crippen molar-refractivity contribution >= 4 is 40.9 Å². The summed E-state index contributed by atoms with van der Waals surface area (Å²) in [4.78, 5) is 26.6. The molecule has 2 aromatic rings. The quantitative estimate of drug-likeness (QED) is 0.701. The highest BCUT2D eigenvalue weighted by Gasteiger charge is 2.17. The average Bonchev–Trinajstić information content (AvgIpc) is 2.99. The molecule has 1 heterocycles. The number of hydrogen-bond acceptors (Lipinski definition) is 3. The van der Waals surface area contributed by atoms with Crippen LogP contribution < -0.4 is 5.32 Å². The largest absolute Gasteiger partial charge is 0.339 e. The first kappa shape index (κ1) is 20.7. The number of nitrogens with zero attached hydrogens (tertiary/aromatic N) is 1. The van der Waals surface area contributed by atoms with Gasteiger partial charge in [-0.15, -0.1) is 11.8 Å². The van der Waals surface area contributed by atoms with E-state index >= 15 is 0 Å². The lowest BCUT2D eigenvalue weighted by molar-refractivity contribution is -0.113. The summed E-state index contributed by atoms with van der Waals surface area (Å²) in [5.74, 6) is 1.19. The van der Waals surface area contributed by atoms with Crippen molar-refractivity contribution < 1.29 is 9.59 Å². The molecule has 1 saturated heterocycles. The summed E-state index contributed by atoms with van der Waals surface area (Å²) in [7, 11) is 0. The van der Waals surface area contributed by atoms with Crippen molar-refractivity contribution in [1.82, 2.24) is 4.90 Å². The lowest BCUT2D eigenvalue weighted by Gasteiger charge is -2.20. The lowest BCUT2D eigenvalue weighted by atomic mass is 10.1. The van der Waals surface area contributed by atoms with Gasteiger partial charge in [0.15, 0.2) is 0 Å². The summed E-state index contributed by atoms with van der Waals surface area (Å²) in [5, 5.41) is 3.50. The van der Waals surface area contributed by atoms with Gasteiger partial charge in [0.2, 0.25) is 5.91 Å². The summed E-state index contributed by atoms with van der Waals surface area (Å²) >= 11 is 7.39. The van der Waals surface area contributed by atoms with Crippen LogP contribution in [0, 0.1) is 0 Å². The van der Waals surface area contributed by atoms with Gasteiger partial charge in [-0.1, -0.05) is 36.6 Å². The van der Waals surface area contributed by atoms with E-state index in [2.05, 4.69) is 5.32 Å². The molecule has 1 aliphatic heterocycles. The van der Waals surface area contributed by atoms with Crippen molar-refractivity contribution in [2.24, 2.45) is 0 Å². The van der Waals surface area contributed by atoms with Crippen LogP contribution in [-0.2, 0) is 10.5 Å². The second-order valence-corrected chi connectivity index (χ2v) is 8.37. The van der Waals surface area contributed by atoms with Crippen LogP contribution in [0.4, 0.5) is 5.69 Å². The van der Waals surface area contributed by atoms with E-state index in [0.29, 0.717) is 10.8 Å². The van der Waals surface area contributed by atoms with Gasteiger partial charge in [-0.25, -0.2) is 0 Å². The Labute approximate surface area is 175 Å². The van der Waals surface area contributed by atoms with Gasteiger partial charge in [0.1, 0.15) is 0 Å². The number of amides is 2. The molecule has 0 saturated carbocycles. The predicted molar refractivity (Wildman–Crippen MR) is 117 cm³/mol. The van der Waals surface area contributed by atoms with Crippen LogP contribution in [0.1, 0.15) is 41.6 Å². The Morgan fingerprint density at radius 1 is 0.929 bits per heavy atom. The zero-order chi connectivity index (χ0) is 19.8. The van der Waals surface area contributed by atoms with Gasteiger partial charge in [0.05, 0.1) is 5.75 Å². The highest BCUT2D eigenvalue weighted by atomic mass is 35.5. The van der Waals surface area contributed by atoms with Gasteiger partial charge in [-0.05, 0) is 54.8 Å². The van der Waals surface area contributed by atoms with Gasteiger partial charge in [0.25, 0.3) is 5.91 Å². The van der Waals surface area contributed by atoms with Crippen LogP contribution in [0.2, 0.25) is 5.02 Å².